The Kier molecular flexibility index (Phi) is 7.06. The first-order chi connectivity index (χ1) is 7.97. The SMILES string of the molecule is CCCCCCCN1C(N)=NC(N)=NC1(C)C.Cl. The molecule has 0 bridgehead atoms. The largest absolute Gasteiger partial charge is 0.369 e. The number of nitrogens with two attached hydrogens (primary N) is 2. The molecule has 1 heterocycles. The van der Waals surface area contributed by atoms with Gasteiger partial charge in [-0.15, -0.1) is 12.4 Å². The third kappa shape index (κ3) is 4.72. The lowest BCUT2D eigenvalue weighted by atomic mass is 10.1. The van der Waals surface area contributed by atoms with Gasteiger partial charge >= 0.3 is 0 Å². The van der Waals surface area contributed by atoms with Crippen molar-refractivity contribution in [1.29, 1.82) is 0 Å². The average molecular weight is 276 g/mol. The molecule has 0 atom stereocenters. The van der Waals surface area contributed by atoms with Crippen LogP contribution in [0.2, 0.25) is 0 Å². The van der Waals surface area contributed by atoms with E-state index >= 15 is 0 Å². The fraction of sp³-hybridized carbons (Fsp3) is 0.833. The van der Waals surface area contributed by atoms with Gasteiger partial charge in [-0.05, 0) is 20.3 Å². The highest BCUT2D eigenvalue weighted by atomic mass is 35.5. The first-order valence-electron chi connectivity index (χ1n) is 6.44. The molecule has 1 aliphatic heterocycles. The van der Waals surface area contributed by atoms with Crippen LogP contribution < -0.4 is 11.5 Å². The molecular weight excluding hydrogens is 250 g/mol. The van der Waals surface area contributed by atoms with E-state index < -0.39 is 0 Å². The lowest BCUT2D eigenvalue weighted by molar-refractivity contribution is 0.213. The Morgan fingerprint density at radius 2 is 1.72 bits per heavy atom. The lowest BCUT2D eigenvalue weighted by Crippen LogP contribution is -2.54. The molecule has 0 radical (unpaired) electrons. The Hall–Kier alpha value is -0.970. The van der Waals surface area contributed by atoms with Gasteiger partial charge in [-0.3, -0.25) is 0 Å². The summed E-state index contributed by atoms with van der Waals surface area (Å²) >= 11 is 0. The highest BCUT2D eigenvalue weighted by molar-refractivity contribution is 5.95. The molecule has 4 N–H and O–H groups in total. The molecule has 0 aromatic heterocycles. The highest BCUT2D eigenvalue weighted by Gasteiger charge is 2.30. The van der Waals surface area contributed by atoms with Gasteiger partial charge in [0.25, 0.3) is 0 Å². The van der Waals surface area contributed by atoms with Crippen LogP contribution in [-0.2, 0) is 0 Å². The van der Waals surface area contributed by atoms with Crippen molar-refractivity contribution in [3.05, 3.63) is 0 Å². The molecule has 0 saturated heterocycles. The first-order valence-corrected chi connectivity index (χ1v) is 6.44. The van der Waals surface area contributed by atoms with Gasteiger partial charge in [-0.25, -0.2) is 4.99 Å². The van der Waals surface area contributed by atoms with Crippen LogP contribution in [0.4, 0.5) is 0 Å². The van der Waals surface area contributed by atoms with Gasteiger partial charge in [0.15, 0.2) is 0 Å². The number of unbranched alkanes of at least 4 members (excludes halogenated alkanes) is 4. The molecule has 6 heteroatoms. The van der Waals surface area contributed by atoms with Crippen LogP contribution in [0.25, 0.3) is 0 Å². The Morgan fingerprint density at radius 3 is 2.28 bits per heavy atom. The van der Waals surface area contributed by atoms with Gasteiger partial charge in [-0.1, -0.05) is 32.6 Å². The molecule has 0 unspecified atom stereocenters. The summed E-state index contributed by atoms with van der Waals surface area (Å²) in [5, 5.41) is 0. The number of aliphatic imine (C=N–C) groups is 2. The zero-order chi connectivity index (χ0) is 12.9. The van der Waals surface area contributed by atoms with E-state index in [1.807, 2.05) is 18.7 Å². The van der Waals surface area contributed by atoms with Gasteiger partial charge in [0.1, 0.15) is 5.66 Å². The molecule has 0 spiro atoms. The molecule has 0 fully saturated rings. The van der Waals surface area contributed by atoms with Crippen LogP contribution in [0.15, 0.2) is 9.98 Å². The third-order valence-electron chi connectivity index (χ3n) is 3.04. The van der Waals surface area contributed by atoms with Crippen LogP contribution in [0.3, 0.4) is 0 Å². The Morgan fingerprint density at radius 1 is 1.11 bits per heavy atom. The summed E-state index contributed by atoms with van der Waals surface area (Å²) in [6.07, 6.45) is 6.20. The van der Waals surface area contributed by atoms with E-state index in [9.17, 15) is 0 Å². The fourth-order valence-electron chi connectivity index (χ4n) is 2.09. The maximum absolute atomic E-state index is 5.90. The molecule has 0 aromatic rings. The highest BCUT2D eigenvalue weighted by Crippen LogP contribution is 2.20. The van der Waals surface area contributed by atoms with Crippen molar-refractivity contribution in [3.63, 3.8) is 0 Å². The molecule has 0 aromatic carbocycles. The van der Waals surface area contributed by atoms with Gasteiger partial charge in [0, 0.05) is 6.54 Å². The van der Waals surface area contributed by atoms with Crippen molar-refractivity contribution >= 4 is 24.3 Å². The summed E-state index contributed by atoms with van der Waals surface area (Å²) in [5.74, 6) is 0.757. The minimum absolute atomic E-state index is 0. The van der Waals surface area contributed by atoms with E-state index in [4.69, 9.17) is 11.5 Å². The summed E-state index contributed by atoms with van der Waals surface area (Å²) in [7, 11) is 0. The number of hydrogen-bond acceptors (Lipinski definition) is 5. The molecule has 1 aliphatic rings. The Labute approximate surface area is 116 Å². The van der Waals surface area contributed by atoms with E-state index in [2.05, 4.69) is 16.9 Å². The summed E-state index contributed by atoms with van der Waals surface area (Å²) < 4.78 is 0. The fourth-order valence-corrected chi connectivity index (χ4v) is 2.09. The molecule has 18 heavy (non-hydrogen) atoms. The second kappa shape index (κ2) is 7.46. The predicted octanol–water partition coefficient (Wildman–Crippen LogP) is 2.06. The zero-order valence-corrected chi connectivity index (χ0v) is 12.5. The maximum Gasteiger partial charge on any atom is 0.220 e. The molecule has 1 rings (SSSR count). The standard InChI is InChI=1S/C12H25N5.ClH/c1-4-5-6-7-8-9-17-11(14)15-10(13)16-12(17,2)3;/h4-9H2,1-3H3,(H4,13,14,15,16);1H. The molecule has 0 amide bonds. The number of rotatable bonds is 6. The Balaban J connectivity index is 0.00000289. The summed E-state index contributed by atoms with van der Waals surface area (Å²) in [4.78, 5) is 10.4. The van der Waals surface area contributed by atoms with E-state index in [0.29, 0.717) is 5.96 Å². The van der Waals surface area contributed by atoms with Crippen LogP contribution in [-0.4, -0.2) is 29.0 Å². The van der Waals surface area contributed by atoms with Crippen molar-refractivity contribution in [3.8, 4) is 0 Å². The molecular formula is C12H26ClN5. The van der Waals surface area contributed by atoms with Crippen molar-refractivity contribution in [2.75, 3.05) is 6.54 Å². The van der Waals surface area contributed by atoms with Crippen molar-refractivity contribution in [1.82, 2.24) is 4.90 Å². The second-order valence-corrected chi connectivity index (χ2v) is 5.00. The average Bonchev–Trinajstić information content (AvgIpc) is 2.19. The Bertz CT molecular complexity index is 312. The molecule has 0 aliphatic carbocycles. The van der Waals surface area contributed by atoms with Gasteiger partial charge in [0.05, 0.1) is 0 Å². The summed E-state index contributed by atoms with van der Waals surface area (Å²) in [6, 6.07) is 0. The van der Waals surface area contributed by atoms with Crippen LogP contribution in [0.5, 0.6) is 0 Å². The molecule has 106 valence electrons. The van der Waals surface area contributed by atoms with E-state index in [1.54, 1.807) is 0 Å². The van der Waals surface area contributed by atoms with E-state index in [0.717, 1.165) is 13.0 Å². The number of nitrogens with zero attached hydrogens (tertiary/aromatic N) is 3. The minimum Gasteiger partial charge on any atom is -0.369 e. The van der Waals surface area contributed by atoms with Gasteiger partial charge in [-0.2, -0.15) is 4.99 Å². The van der Waals surface area contributed by atoms with Gasteiger partial charge < -0.3 is 16.4 Å². The zero-order valence-electron chi connectivity index (χ0n) is 11.6. The normalized spacial score (nSPS) is 17.8. The van der Waals surface area contributed by atoms with Crippen LogP contribution in [0, 0.1) is 0 Å². The van der Waals surface area contributed by atoms with Crippen LogP contribution in [0.1, 0.15) is 52.9 Å². The monoisotopic (exact) mass is 275 g/mol. The van der Waals surface area contributed by atoms with E-state index in [1.165, 1.54) is 25.7 Å². The van der Waals surface area contributed by atoms with Crippen molar-refractivity contribution in [2.24, 2.45) is 21.5 Å². The molecule has 5 nitrogen and oxygen atoms in total. The minimum atomic E-state index is -0.374. The van der Waals surface area contributed by atoms with E-state index in [-0.39, 0.29) is 24.0 Å². The van der Waals surface area contributed by atoms with Crippen LogP contribution >= 0.6 is 12.4 Å². The quantitative estimate of drug-likeness (QED) is 0.728. The van der Waals surface area contributed by atoms with Gasteiger partial charge in [0.2, 0.25) is 11.9 Å². The first kappa shape index (κ1) is 17.0. The van der Waals surface area contributed by atoms with Crippen molar-refractivity contribution in [2.45, 2.75) is 58.5 Å². The molecule has 0 saturated carbocycles. The second-order valence-electron chi connectivity index (χ2n) is 5.00. The van der Waals surface area contributed by atoms with Crippen molar-refractivity contribution < 1.29 is 0 Å². The number of halogens is 1. The number of guanidine groups is 2. The lowest BCUT2D eigenvalue weighted by Gasteiger charge is -2.38. The smallest absolute Gasteiger partial charge is 0.220 e. The third-order valence-corrected chi connectivity index (χ3v) is 3.04. The maximum atomic E-state index is 5.90. The summed E-state index contributed by atoms with van der Waals surface area (Å²) in [6.45, 7) is 7.12. The summed E-state index contributed by atoms with van der Waals surface area (Å²) in [5.41, 5.74) is 11.1. The topological polar surface area (TPSA) is 80.0 Å². The number of hydrogen-bond donors (Lipinski definition) is 2. The predicted molar refractivity (Wildman–Crippen MR) is 80.0 cm³/mol.